The fraction of sp³-hybridized carbons (Fsp3) is 0.167. The highest BCUT2D eigenvalue weighted by Crippen LogP contribution is 2.01. The summed E-state index contributed by atoms with van der Waals surface area (Å²) in [5, 5.41) is 6.76. The molecule has 0 unspecified atom stereocenters. The molecule has 2 aromatic rings. The van der Waals surface area contributed by atoms with Crippen LogP contribution in [0.4, 0.5) is 0 Å². The summed E-state index contributed by atoms with van der Waals surface area (Å²) in [6.45, 7) is 1.87. The molecule has 16 heavy (non-hydrogen) atoms. The van der Waals surface area contributed by atoms with Crippen LogP contribution in [0.25, 0.3) is 0 Å². The van der Waals surface area contributed by atoms with E-state index < -0.39 is 0 Å². The van der Waals surface area contributed by atoms with Gasteiger partial charge in [-0.2, -0.15) is 5.10 Å². The van der Waals surface area contributed by atoms with Crippen molar-refractivity contribution in [3.63, 3.8) is 0 Å². The van der Waals surface area contributed by atoms with Crippen LogP contribution in [-0.2, 0) is 0 Å². The molecule has 0 saturated carbocycles. The van der Waals surface area contributed by atoms with Crippen LogP contribution in [0.15, 0.2) is 42.7 Å². The van der Waals surface area contributed by atoms with E-state index in [-0.39, 0.29) is 5.78 Å². The van der Waals surface area contributed by atoms with E-state index in [9.17, 15) is 4.79 Å². The van der Waals surface area contributed by atoms with E-state index >= 15 is 0 Å². The lowest BCUT2D eigenvalue weighted by atomic mass is 10.1. The average Bonchev–Trinajstić information content (AvgIpc) is 2.81. The Morgan fingerprint density at radius 2 is 2.06 bits per heavy atom. The average molecular weight is 237 g/mol. The summed E-state index contributed by atoms with van der Waals surface area (Å²) in [5.74, 6) is 0.209. The van der Waals surface area contributed by atoms with Crippen LogP contribution >= 0.6 is 11.6 Å². The number of rotatable bonds is 2. The van der Waals surface area contributed by atoms with Crippen molar-refractivity contribution in [2.45, 2.75) is 13.3 Å². The fourth-order valence-electron chi connectivity index (χ4n) is 1.06. The van der Waals surface area contributed by atoms with Crippen LogP contribution in [0.1, 0.15) is 23.7 Å². The highest BCUT2D eigenvalue weighted by molar-refractivity contribution is 6.30. The highest BCUT2D eigenvalue weighted by atomic mass is 35.5. The van der Waals surface area contributed by atoms with Crippen molar-refractivity contribution >= 4 is 17.4 Å². The fourth-order valence-corrected chi connectivity index (χ4v) is 1.16. The molecule has 1 heterocycles. The van der Waals surface area contributed by atoms with E-state index in [0.29, 0.717) is 11.4 Å². The standard InChI is InChI=1S/C9H10O.C3H3ClN2/c1-2-9(10)8-6-4-3-5-7-8;4-3-1-5-6-2-3/h3-7H,2H2,1H3;1-2H,(H,5,6). The number of H-pyrrole nitrogens is 1. The maximum absolute atomic E-state index is 11.0. The second-order valence-corrected chi connectivity index (χ2v) is 3.50. The van der Waals surface area contributed by atoms with Gasteiger partial charge in [-0.3, -0.25) is 9.89 Å². The number of Topliss-reactive ketones (excluding diaryl/α,β-unsaturated/α-hetero) is 1. The van der Waals surface area contributed by atoms with Gasteiger partial charge in [-0.15, -0.1) is 0 Å². The molecule has 0 saturated heterocycles. The van der Waals surface area contributed by atoms with Crippen molar-refractivity contribution < 1.29 is 4.79 Å². The molecule has 3 nitrogen and oxygen atoms in total. The van der Waals surface area contributed by atoms with Crippen LogP contribution in [0.3, 0.4) is 0 Å². The zero-order chi connectivity index (χ0) is 11.8. The molecule has 0 fully saturated rings. The minimum atomic E-state index is 0.209. The van der Waals surface area contributed by atoms with Crippen molar-refractivity contribution in [1.82, 2.24) is 10.2 Å². The molecule has 1 aromatic carbocycles. The first-order valence-corrected chi connectivity index (χ1v) is 5.34. The van der Waals surface area contributed by atoms with Crippen molar-refractivity contribution in [3.8, 4) is 0 Å². The Kier molecular flexibility index (Phi) is 5.29. The van der Waals surface area contributed by atoms with Gasteiger partial charge in [-0.1, -0.05) is 48.9 Å². The van der Waals surface area contributed by atoms with E-state index in [2.05, 4.69) is 10.2 Å². The largest absolute Gasteiger partial charge is 0.294 e. The molecule has 0 amide bonds. The number of carbonyl (C=O) groups is 1. The van der Waals surface area contributed by atoms with Gasteiger partial charge in [0.25, 0.3) is 0 Å². The van der Waals surface area contributed by atoms with E-state index in [1.54, 1.807) is 12.4 Å². The third-order valence-corrected chi connectivity index (χ3v) is 2.09. The lowest BCUT2D eigenvalue weighted by Crippen LogP contribution is -1.94. The summed E-state index contributed by atoms with van der Waals surface area (Å²) in [6.07, 6.45) is 3.74. The van der Waals surface area contributed by atoms with Gasteiger partial charge in [-0.05, 0) is 0 Å². The van der Waals surface area contributed by atoms with E-state index in [1.807, 2.05) is 37.3 Å². The molecular weight excluding hydrogens is 224 g/mol. The smallest absolute Gasteiger partial charge is 0.162 e. The minimum Gasteiger partial charge on any atom is -0.294 e. The molecule has 0 spiro atoms. The summed E-state index contributed by atoms with van der Waals surface area (Å²) in [7, 11) is 0. The van der Waals surface area contributed by atoms with Crippen molar-refractivity contribution in [2.24, 2.45) is 0 Å². The number of aromatic nitrogens is 2. The monoisotopic (exact) mass is 236 g/mol. The Morgan fingerprint density at radius 1 is 1.38 bits per heavy atom. The highest BCUT2D eigenvalue weighted by Gasteiger charge is 1.98. The second-order valence-electron chi connectivity index (χ2n) is 3.06. The van der Waals surface area contributed by atoms with Crippen LogP contribution < -0.4 is 0 Å². The molecule has 0 aliphatic heterocycles. The number of carbonyl (C=O) groups excluding carboxylic acids is 1. The Labute approximate surface area is 99.5 Å². The Balaban J connectivity index is 0.000000181. The number of benzene rings is 1. The predicted molar refractivity (Wildman–Crippen MR) is 64.7 cm³/mol. The van der Waals surface area contributed by atoms with Crippen LogP contribution in [-0.4, -0.2) is 16.0 Å². The van der Waals surface area contributed by atoms with Gasteiger partial charge >= 0.3 is 0 Å². The number of nitrogens with one attached hydrogen (secondary N) is 1. The topological polar surface area (TPSA) is 45.8 Å². The second kappa shape index (κ2) is 6.80. The third kappa shape index (κ3) is 4.28. The Bertz CT molecular complexity index is 412. The molecule has 1 aromatic heterocycles. The van der Waals surface area contributed by atoms with Crippen LogP contribution in [0.2, 0.25) is 5.02 Å². The zero-order valence-electron chi connectivity index (χ0n) is 8.98. The van der Waals surface area contributed by atoms with Gasteiger partial charge in [0.05, 0.1) is 11.2 Å². The quantitative estimate of drug-likeness (QED) is 0.813. The summed E-state index contributed by atoms with van der Waals surface area (Å²) < 4.78 is 0. The molecule has 84 valence electrons. The summed E-state index contributed by atoms with van der Waals surface area (Å²) in [6, 6.07) is 9.34. The first kappa shape index (κ1) is 12.5. The Morgan fingerprint density at radius 3 is 2.44 bits per heavy atom. The maximum Gasteiger partial charge on any atom is 0.162 e. The number of ketones is 1. The third-order valence-electron chi connectivity index (χ3n) is 1.88. The normalized spacial score (nSPS) is 9.12. The number of hydrogen-bond acceptors (Lipinski definition) is 2. The molecule has 0 aliphatic carbocycles. The predicted octanol–water partition coefficient (Wildman–Crippen LogP) is 3.34. The zero-order valence-corrected chi connectivity index (χ0v) is 9.74. The van der Waals surface area contributed by atoms with E-state index in [1.165, 1.54) is 0 Å². The van der Waals surface area contributed by atoms with Gasteiger partial charge in [0.2, 0.25) is 0 Å². The SMILES string of the molecule is CCC(=O)c1ccccc1.Clc1cn[nH]c1. The van der Waals surface area contributed by atoms with Gasteiger partial charge in [0.15, 0.2) is 5.78 Å². The number of hydrogen-bond donors (Lipinski definition) is 1. The Hall–Kier alpha value is -1.61. The van der Waals surface area contributed by atoms with E-state index in [4.69, 9.17) is 11.6 Å². The molecule has 0 atom stereocenters. The number of nitrogens with zero attached hydrogens (tertiary/aromatic N) is 1. The number of halogens is 1. The van der Waals surface area contributed by atoms with Crippen molar-refractivity contribution in [1.29, 1.82) is 0 Å². The lowest BCUT2D eigenvalue weighted by Gasteiger charge is -1.93. The summed E-state index contributed by atoms with van der Waals surface area (Å²) in [4.78, 5) is 11.0. The van der Waals surface area contributed by atoms with Gasteiger partial charge in [0, 0.05) is 18.2 Å². The molecule has 0 aliphatic rings. The van der Waals surface area contributed by atoms with Gasteiger partial charge < -0.3 is 0 Å². The van der Waals surface area contributed by atoms with Gasteiger partial charge in [-0.25, -0.2) is 0 Å². The molecule has 0 radical (unpaired) electrons. The number of aromatic amines is 1. The lowest BCUT2D eigenvalue weighted by molar-refractivity contribution is 0.0988. The first-order chi connectivity index (χ1) is 7.74. The van der Waals surface area contributed by atoms with Crippen LogP contribution in [0.5, 0.6) is 0 Å². The van der Waals surface area contributed by atoms with Crippen molar-refractivity contribution in [2.75, 3.05) is 0 Å². The molecular formula is C12H13ClN2O. The maximum atomic E-state index is 11.0. The van der Waals surface area contributed by atoms with E-state index in [0.717, 1.165) is 5.56 Å². The summed E-state index contributed by atoms with van der Waals surface area (Å²) >= 11 is 5.36. The molecule has 1 N–H and O–H groups in total. The molecule has 2 rings (SSSR count). The van der Waals surface area contributed by atoms with Crippen molar-refractivity contribution in [3.05, 3.63) is 53.3 Å². The van der Waals surface area contributed by atoms with Crippen LogP contribution in [0, 0.1) is 0 Å². The molecule has 4 heteroatoms. The van der Waals surface area contributed by atoms with Gasteiger partial charge in [0.1, 0.15) is 0 Å². The minimum absolute atomic E-state index is 0.209. The molecule has 0 bridgehead atoms. The summed E-state index contributed by atoms with van der Waals surface area (Å²) in [5.41, 5.74) is 0.810. The first-order valence-electron chi connectivity index (χ1n) is 4.96.